The number of hydrazone groups is 1. The highest BCUT2D eigenvalue weighted by atomic mass is 32.2. The summed E-state index contributed by atoms with van der Waals surface area (Å²) in [5.74, 6) is 0.803. The molecule has 1 fully saturated rings. The fraction of sp³-hybridized carbons (Fsp3) is 0.273. The van der Waals surface area contributed by atoms with Crippen molar-refractivity contribution in [1.29, 1.82) is 0 Å². The number of rotatable bonds is 2. The van der Waals surface area contributed by atoms with Gasteiger partial charge < -0.3 is 9.84 Å². The molecule has 7 nitrogen and oxygen atoms in total. The molecule has 1 saturated heterocycles. The van der Waals surface area contributed by atoms with Gasteiger partial charge in [-0.15, -0.1) is 0 Å². The summed E-state index contributed by atoms with van der Waals surface area (Å²) in [4.78, 5) is 11.6. The first kappa shape index (κ1) is 12.1. The molecule has 1 aromatic carbocycles. The van der Waals surface area contributed by atoms with Crippen LogP contribution in [-0.4, -0.2) is 34.1 Å². The number of hydrazine groups is 1. The number of aromatic hydroxyl groups is 1. The molecule has 1 atom stereocenters. The molecule has 0 bridgehead atoms. The lowest BCUT2D eigenvalue weighted by atomic mass is 10.1. The normalized spacial score (nSPS) is 21.7. The predicted molar refractivity (Wildman–Crippen MR) is 70.4 cm³/mol. The second kappa shape index (κ2) is 4.63. The van der Waals surface area contributed by atoms with Crippen molar-refractivity contribution in [3.05, 3.63) is 23.8 Å². The number of benzene rings is 1. The molecular formula is C11H12N4O3S. The number of amidine groups is 1. The van der Waals surface area contributed by atoms with Gasteiger partial charge >= 0.3 is 0 Å². The third kappa shape index (κ3) is 2.08. The molecule has 0 aromatic heterocycles. The molecule has 8 heteroatoms. The van der Waals surface area contributed by atoms with Crippen molar-refractivity contribution in [2.24, 2.45) is 5.10 Å². The van der Waals surface area contributed by atoms with Crippen LogP contribution >= 0.6 is 11.8 Å². The number of nitrogens with zero attached hydrogens (tertiary/aromatic N) is 2. The molecule has 3 N–H and O–H groups in total. The topological polar surface area (TPSA) is 86.2 Å². The minimum absolute atomic E-state index is 0.0269. The highest BCUT2D eigenvalue weighted by Crippen LogP contribution is 2.30. The van der Waals surface area contributed by atoms with Crippen LogP contribution in [0.2, 0.25) is 0 Å². The van der Waals surface area contributed by atoms with E-state index in [9.17, 15) is 9.90 Å². The molecule has 1 aromatic rings. The zero-order chi connectivity index (χ0) is 13.4. The molecule has 100 valence electrons. The minimum atomic E-state index is -0.346. The maximum absolute atomic E-state index is 11.6. The Morgan fingerprint density at radius 1 is 1.58 bits per heavy atom. The summed E-state index contributed by atoms with van der Waals surface area (Å²) in [6, 6.07) is 4.96. The Balaban J connectivity index is 1.86. The van der Waals surface area contributed by atoms with E-state index in [1.165, 1.54) is 29.9 Å². The lowest BCUT2D eigenvalue weighted by Crippen LogP contribution is -2.51. The molecule has 2 heterocycles. The molecule has 1 amide bonds. The van der Waals surface area contributed by atoms with Crippen LogP contribution < -0.4 is 15.6 Å². The number of amides is 1. The molecule has 0 saturated carbocycles. The predicted octanol–water partition coefficient (Wildman–Crippen LogP) is 0.354. The van der Waals surface area contributed by atoms with E-state index >= 15 is 0 Å². The molecule has 0 aliphatic carbocycles. The van der Waals surface area contributed by atoms with Gasteiger partial charge in [0.1, 0.15) is 6.17 Å². The van der Waals surface area contributed by atoms with Crippen molar-refractivity contribution in [1.82, 2.24) is 15.9 Å². The molecule has 3 rings (SSSR count). The molecule has 19 heavy (non-hydrogen) atoms. The number of carbonyl (C=O) groups is 1. The largest absolute Gasteiger partial charge is 0.504 e. The van der Waals surface area contributed by atoms with Gasteiger partial charge in [-0.2, -0.15) is 10.5 Å². The summed E-state index contributed by atoms with van der Waals surface area (Å²) in [6.45, 7) is 0. The van der Waals surface area contributed by atoms with Crippen molar-refractivity contribution in [2.45, 2.75) is 6.17 Å². The highest BCUT2D eigenvalue weighted by molar-refractivity contribution is 8.15. The van der Waals surface area contributed by atoms with Crippen LogP contribution in [0.25, 0.3) is 0 Å². The first-order valence-corrected chi connectivity index (χ1v) is 6.59. The quantitative estimate of drug-likeness (QED) is 0.725. The van der Waals surface area contributed by atoms with Gasteiger partial charge in [0, 0.05) is 0 Å². The Kier molecular flexibility index (Phi) is 2.96. The van der Waals surface area contributed by atoms with E-state index in [0.717, 1.165) is 5.56 Å². The van der Waals surface area contributed by atoms with Gasteiger partial charge in [0.2, 0.25) is 5.17 Å². The van der Waals surface area contributed by atoms with E-state index in [4.69, 9.17) is 4.74 Å². The van der Waals surface area contributed by atoms with E-state index in [1.54, 1.807) is 12.1 Å². The average molecular weight is 280 g/mol. The van der Waals surface area contributed by atoms with E-state index in [2.05, 4.69) is 16.0 Å². The molecular weight excluding hydrogens is 268 g/mol. The SMILES string of the molecule is COc1cc(C2NN=C3SCC(=O)N3N2)ccc1O. The van der Waals surface area contributed by atoms with Crippen LogP contribution in [0, 0.1) is 0 Å². The zero-order valence-electron chi connectivity index (χ0n) is 10.1. The van der Waals surface area contributed by atoms with Crippen molar-refractivity contribution >= 4 is 22.8 Å². The lowest BCUT2D eigenvalue weighted by Gasteiger charge is -2.29. The van der Waals surface area contributed by atoms with E-state index in [-0.39, 0.29) is 17.8 Å². The van der Waals surface area contributed by atoms with Crippen molar-refractivity contribution in [3.63, 3.8) is 0 Å². The van der Waals surface area contributed by atoms with Gasteiger partial charge in [0.25, 0.3) is 5.91 Å². The summed E-state index contributed by atoms with van der Waals surface area (Å²) < 4.78 is 5.06. The average Bonchev–Trinajstić information content (AvgIpc) is 2.80. The number of phenolic OH excluding ortho intramolecular Hbond substituents is 1. The first-order chi connectivity index (χ1) is 9.19. The van der Waals surface area contributed by atoms with Crippen molar-refractivity contribution in [2.75, 3.05) is 12.9 Å². The minimum Gasteiger partial charge on any atom is -0.504 e. The molecule has 0 spiro atoms. The Hall–Kier alpha value is -1.93. The van der Waals surface area contributed by atoms with Gasteiger partial charge in [-0.05, 0) is 17.7 Å². The highest BCUT2D eigenvalue weighted by Gasteiger charge is 2.34. The summed E-state index contributed by atoms with van der Waals surface area (Å²) in [5, 5.41) is 15.8. The molecule has 2 aliphatic rings. The first-order valence-electron chi connectivity index (χ1n) is 5.61. The van der Waals surface area contributed by atoms with Crippen LogP contribution in [0.15, 0.2) is 23.3 Å². The fourth-order valence-electron chi connectivity index (χ4n) is 1.87. The van der Waals surface area contributed by atoms with E-state index in [1.807, 2.05) is 0 Å². The number of nitrogens with one attached hydrogen (secondary N) is 2. The van der Waals surface area contributed by atoms with Gasteiger partial charge in [-0.3, -0.25) is 10.2 Å². The van der Waals surface area contributed by atoms with Gasteiger partial charge in [0.05, 0.1) is 12.9 Å². The van der Waals surface area contributed by atoms with Crippen LogP contribution in [0.4, 0.5) is 0 Å². The molecule has 2 aliphatic heterocycles. The lowest BCUT2D eigenvalue weighted by molar-refractivity contribution is -0.127. The molecule has 0 radical (unpaired) electrons. The van der Waals surface area contributed by atoms with Gasteiger partial charge in [0.15, 0.2) is 11.5 Å². The monoisotopic (exact) mass is 280 g/mol. The number of carbonyl (C=O) groups excluding carboxylic acids is 1. The van der Waals surface area contributed by atoms with Crippen molar-refractivity contribution in [3.8, 4) is 11.5 Å². The summed E-state index contributed by atoms with van der Waals surface area (Å²) >= 11 is 1.38. The number of thioether (sulfide) groups is 1. The number of ether oxygens (including phenoxy) is 1. The fourth-order valence-corrected chi connectivity index (χ4v) is 2.65. The zero-order valence-corrected chi connectivity index (χ0v) is 10.9. The summed E-state index contributed by atoms with van der Waals surface area (Å²) in [7, 11) is 1.48. The van der Waals surface area contributed by atoms with Crippen LogP contribution in [0.3, 0.4) is 0 Å². The maximum Gasteiger partial charge on any atom is 0.253 e. The standard InChI is InChI=1S/C11H12N4O3S/c1-18-8-4-6(2-3-7(8)16)10-12-13-11-15(14-10)9(17)5-19-11/h2-4,10,12,14,16H,5H2,1H3. The van der Waals surface area contributed by atoms with Gasteiger partial charge in [-0.1, -0.05) is 17.8 Å². The summed E-state index contributed by atoms with van der Waals surface area (Å²) in [5.41, 5.74) is 6.77. The van der Waals surface area contributed by atoms with Crippen LogP contribution in [0.1, 0.15) is 11.7 Å². The number of fused-ring (bicyclic) bond motifs is 1. The number of phenols is 1. The third-order valence-electron chi connectivity index (χ3n) is 2.85. The summed E-state index contributed by atoms with van der Waals surface area (Å²) in [6.07, 6.45) is -0.346. The Morgan fingerprint density at radius 3 is 3.21 bits per heavy atom. The number of hydrogen-bond donors (Lipinski definition) is 3. The van der Waals surface area contributed by atoms with Crippen LogP contribution in [-0.2, 0) is 4.79 Å². The second-order valence-corrected chi connectivity index (χ2v) is 4.98. The number of hydrogen-bond acceptors (Lipinski definition) is 7. The Morgan fingerprint density at radius 2 is 2.42 bits per heavy atom. The van der Waals surface area contributed by atoms with Crippen LogP contribution in [0.5, 0.6) is 11.5 Å². The Labute approximate surface area is 113 Å². The second-order valence-electron chi connectivity index (χ2n) is 4.03. The smallest absolute Gasteiger partial charge is 0.253 e. The van der Waals surface area contributed by atoms with E-state index < -0.39 is 0 Å². The Bertz CT molecular complexity index is 563. The molecule has 1 unspecified atom stereocenters. The van der Waals surface area contributed by atoms with Gasteiger partial charge in [-0.25, -0.2) is 5.01 Å². The number of methoxy groups -OCH3 is 1. The third-order valence-corrected chi connectivity index (χ3v) is 3.77. The van der Waals surface area contributed by atoms with Crippen molar-refractivity contribution < 1.29 is 14.6 Å². The van der Waals surface area contributed by atoms with E-state index in [0.29, 0.717) is 16.7 Å². The maximum atomic E-state index is 11.6.